The fraction of sp³-hybridized carbons (Fsp3) is 0.333. The SMILES string of the molecule is O=C(NO)c1ccc2c(c1)OCC(c1ccccc1)N(C(=O)C1CCOC1)C2. The summed E-state index contributed by atoms with van der Waals surface area (Å²) in [5.41, 5.74) is 3.74. The number of nitrogens with one attached hydrogen (secondary N) is 1. The van der Waals surface area contributed by atoms with Gasteiger partial charge in [0.1, 0.15) is 12.4 Å². The van der Waals surface area contributed by atoms with Crippen LogP contribution in [-0.4, -0.2) is 41.7 Å². The molecular weight excluding hydrogens is 360 g/mol. The zero-order valence-electron chi connectivity index (χ0n) is 15.3. The first kappa shape index (κ1) is 18.5. The van der Waals surface area contributed by atoms with E-state index in [0.29, 0.717) is 31.1 Å². The second kappa shape index (κ2) is 8.00. The van der Waals surface area contributed by atoms with Gasteiger partial charge in [0.25, 0.3) is 5.91 Å². The average Bonchev–Trinajstić information content (AvgIpc) is 3.21. The normalized spacial score (nSPS) is 21.4. The Morgan fingerprint density at radius 3 is 2.64 bits per heavy atom. The summed E-state index contributed by atoms with van der Waals surface area (Å²) in [5.74, 6) is -0.154. The molecule has 2 atom stereocenters. The van der Waals surface area contributed by atoms with Crippen LogP contribution in [0.1, 0.15) is 33.9 Å². The van der Waals surface area contributed by atoms with Crippen LogP contribution in [0.5, 0.6) is 5.75 Å². The van der Waals surface area contributed by atoms with Crippen molar-refractivity contribution >= 4 is 11.8 Å². The molecule has 2 unspecified atom stereocenters. The Morgan fingerprint density at radius 1 is 1.11 bits per heavy atom. The second-order valence-electron chi connectivity index (χ2n) is 7.03. The molecule has 0 spiro atoms. The summed E-state index contributed by atoms with van der Waals surface area (Å²) in [6, 6.07) is 14.5. The molecule has 2 heterocycles. The van der Waals surface area contributed by atoms with Crippen LogP contribution >= 0.6 is 0 Å². The molecule has 0 aliphatic carbocycles. The highest BCUT2D eigenvalue weighted by Crippen LogP contribution is 2.34. The van der Waals surface area contributed by atoms with Gasteiger partial charge < -0.3 is 14.4 Å². The molecule has 4 rings (SSSR count). The Balaban J connectivity index is 1.69. The monoisotopic (exact) mass is 382 g/mol. The zero-order valence-corrected chi connectivity index (χ0v) is 15.3. The van der Waals surface area contributed by atoms with Crippen LogP contribution in [0, 0.1) is 5.92 Å². The Kier molecular flexibility index (Phi) is 5.27. The van der Waals surface area contributed by atoms with Crippen molar-refractivity contribution in [1.29, 1.82) is 0 Å². The summed E-state index contributed by atoms with van der Waals surface area (Å²) in [5, 5.41) is 8.87. The molecule has 7 heteroatoms. The van der Waals surface area contributed by atoms with Crippen LogP contribution in [0.25, 0.3) is 0 Å². The van der Waals surface area contributed by atoms with Gasteiger partial charge in [0.2, 0.25) is 5.91 Å². The van der Waals surface area contributed by atoms with E-state index in [1.54, 1.807) is 23.7 Å². The van der Waals surface area contributed by atoms with E-state index in [1.165, 1.54) is 0 Å². The van der Waals surface area contributed by atoms with Crippen LogP contribution in [-0.2, 0) is 16.1 Å². The van der Waals surface area contributed by atoms with Gasteiger partial charge >= 0.3 is 0 Å². The van der Waals surface area contributed by atoms with Crippen molar-refractivity contribution < 1.29 is 24.3 Å². The van der Waals surface area contributed by atoms with Crippen molar-refractivity contribution in [1.82, 2.24) is 10.4 Å². The first-order valence-corrected chi connectivity index (χ1v) is 9.30. The number of rotatable bonds is 3. The quantitative estimate of drug-likeness (QED) is 0.628. The van der Waals surface area contributed by atoms with E-state index in [2.05, 4.69) is 0 Å². The van der Waals surface area contributed by atoms with E-state index in [-0.39, 0.29) is 24.5 Å². The van der Waals surface area contributed by atoms with Crippen LogP contribution in [0.15, 0.2) is 48.5 Å². The van der Waals surface area contributed by atoms with Crippen molar-refractivity contribution in [3.05, 3.63) is 65.2 Å². The number of nitrogens with zero attached hydrogens (tertiary/aromatic N) is 1. The van der Waals surface area contributed by atoms with Crippen LogP contribution in [0.4, 0.5) is 0 Å². The Labute approximate surface area is 162 Å². The highest BCUT2D eigenvalue weighted by atomic mass is 16.5. The molecule has 0 saturated carbocycles. The Hall–Kier alpha value is -2.90. The number of amides is 2. The second-order valence-corrected chi connectivity index (χ2v) is 7.03. The lowest BCUT2D eigenvalue weighted by Crippen LogP contribution is -2.40. The molecule has 146 valence electrons. The van der Waals surface area contributed by atoms with Gasteiger partial charge in [0, 0.05) is 17.7 Å². The minimum Gasteiger partial charge on any atom is -0.491 e. The molecule has 0 aromatic heterocycles. The fourth-order valence-corrected chi connectivity index (χ4v) is 3.72. The van der Waals surface area contributed by atoms with Crippen molar-refractivity contribution in [2.75, 3.05) is 19.8 Å². The standard InChI is InChI=1S/C21H22N2O5/c24-20(22-26)15-6-7-16-11-23(21(25)17-8-9-27-12-17)18(13-28-19(16)10-15)14-4-2-1-3-5-14/h1-7,10,17-18,26H,8-9,11-13H2,(H,22,24). The molecule has 2 aliphatic rings. The number of ether oxygens (including phenoxy) is 2. The lowest BCUT2D eigenvalue weighted by molar-refractivity contribution is -0.139. The van der Waals surface area contributed by atoms with E-state index in [4.69, 9.17) is 14.7 Å². The van der Waals surface area contributed by atoms with E-state index < -0.39 is 5.91 Å². The minimum atomic E-state index is -0.605. The zero-order chi connectivity index (χ0) is 19.5. The number of hydrogen-bond donors (Lipinski definition) is 2. The van der Waals surface area contributed by atoms with Crippen molar-refractivity contribution in [2.45, 2.75) is 19.0 Å². The van der Waals surface area contributed by atoms with Crippen molar-refractivity contribution in [3.63, 3.8) is 0 Å². The maximum atomic E-state index is 13.3. The number of hydrogen-bond acceptors (Lipinski definition) is 5. The van der Waals surface area contributed by atoms with E-state index >= 15 is 0 Å². The third-order valence-corrected chi connectivity index (χ3v) is 5.29. The summed E-state index contributed by atoms with van der Waals surface area (Å²) in [7, 11) is 0. The molecule has 2 N–H and O–H groups in total. The van der Waals surface area contributed by atoms with Gasteiger partial charge in [-0.1, -0.05) is 36.4 Å². The van der Waals surface area contributed by atoms with Gasteiger partial charge in [-0.25, -0.2) is 5.48 Å². The lowest BCUT2D eigenvalue weighted by Gasteiger charge is -2.31. The van der Waals surface area contributed by atoms with Crippen molar-refractivity contribution in [3.8, 4) is 5.75 Å². The van der Waals surface area contributed by atoms with Gasteiger partial charge in [-0.15, -0.1) is 0 Å². The number of fused-ring (bicyclic) bond motifs is 1. The predicted octanol–water partition coefficient (Wildman–Crippen LogP) is 2.30. The molecule has 0 bridgehead atoms. The smallest absolute Gasteiger partial charge is 0.274 e. The molecule has 2 aliphatic heterocycles. The van der Waals surface area contributed by atoms with Gasteiger partial charge in [-0.2, -0.15) is 0 Å². The highest BCUT2D eigenvalue weighted by molar-refractivity contribution is 5.93. The molecule has 28 heavy (non-hydrogen) atoms. The first-order valence-electron chi connectivity index (χ1n) is 9.30. The summed E-state index contributed by atoms with van der Waals surface area (Å²) < 4.78 is 11.4. The van der Waals surface area contributed by atoms with E-state index in [0.717, 1.165) is 17.5 Å². The van der Waals surface area contributed by atoms with E-state index in [1.807, 2.05) is 35.2 Å². The topological polar surface area (TPSA) is 88.1 Å². The van der Waals surface area contributed by atoms with Crippen molar-refractivity contribution in [2.24, 2.45) is 5.92 Å². The number of benzene rings is 2. The lowest BCUT2D eigenvalue weighted by atomic mass is 10.0. The third-order valence-electron chi connectivity index (χ3n) is 5.29. The summed E-state index contributed by atoms with van der Waals surface area (Å²) in [6.45, 7) is 1.71. The highest BCUT2D eigenvalue weighted by Gasteiger charge is 2.35. The predicted molar refractivity (Wildman–Crippen MR) is 99.8 cm³/mol. The van der Waals surface area contributed by atoms with Crippen LogP contribution in [0.3, 0.4) is 0 Å². The fourth-order valence-electron chi connectivity index (χ4n) is 3.72. The van der Waals surface area contributed by atoms with Crippen LogP contribution in [0.2, 0.25) is 0 Å². The largest absolute Gasteiger partial charge is 0.491 e. The minimum absolute atomic E-state index is 0.0555. The van der Waals surface area contributed by atoms with Crippen LogP contribution < -0.4 is 10.2 Å². The summed E-state index contributed by atoms with van der Waals surface area (Å²) in [4.78, 5) is 26.8. The van der Waals surface area contributed by atoms with Gasteiger partial charge in [-0.3, -0.25) is 14.8 Å². The molecule has 0 radical (unpaired) electrons. The maximum absolute atomic E-state index is 13.3. The number of hydroxylamine groups is 1. The Bertz CT molecular complexity index is 864. The molecule has 1 saturated heterocycles. The van der Waals surface area contributed by atoms with Gasteiger partial charge in [-0.05, 0) is 24.1 Å². The average molecular weight is 382 g/mol. The molecule has 2 aromatic carbocycles. The summed E-state index contributed by atoms with van der Waals surface area (Å²) >= 11 is 0. The van der Waals surface area contributed by atoms with Gasteiger partial charge in [0.05, 0.1) is 25.1 Å². The summed E-state index contributed by atoms with van der Waals surface area (Å²) in [6.07, 6.45) is 0.722. The first-order chi connectivity index (χ1) is 13.7. The van der Waals surface area contributed by atoms with E-state index in [9.17, 15) is 9.59 Å². The molecular formula is C21H22N2O5. The Morgan fingerprint density at radius 2 is 1.93 bits per heavy atom. The molecule has 1 fully saturated rings. The molecule has 2 amide bonds. The van der Waals surface area contributed by atoms with Gasteiger partial charge in [0.15, 0.2) is 0 Å². The third kappa shape index (κ3) is 3.58. The maximum Gasteiger partial charge on any atom is 0.274 e. The molecule has 2 aromatic rings. The number of carbonyl (C=O) groups is 2. The number of carbonyl (C=O) groups excluding carboxylic acids is 2. The molecule has 7 nitrogen and oxygen atoms in total.